The zero-order valence-electron chi connectivity index (χ0n) is 15.4. The second-order valence-electron chi connectivity index (χ2n) is 6.02. The molecule has 2 amide bonds. The van der Waals surface area contributed by atoms with E-state index in [0.717, 1.165) is 5.56 Å². The van der Waals surface area contributed by atoms with E-state index in [0.29, 0.717) is 18.8 Å². The lowest BCUT2D eigenvalue weighted by atomic mass is 9.97. The molecule has 0 bridgehead atoms. The summed E-state index contributed by atoms with van der Waals surface area (Å²) in [4.78, 5) is 38.5. The lowest BCUT2D eigenvalue weighted by molar-refractivity contribution is -0.140. The number of ether oxygens (including phenoxy) is 2. The number of anilines is 1. The van der Waals surface area contributed by atoms with Crippen molar-refractivity contribution in [1.29, 1.82) is 0 Å². The van der Waals surface area contributed by atoms with Crippen molar-refractivity contribution in [2.24, 2.45) is 7.05 Å². The Balaban J connectivity index is 2.01. The van der Waals surface area contributed by atoms with Crippen LogP contribution in [0.25, 0.3) is 0 Å². The molecular formula is C18H22N4O5. The molecule has 2 aromatic rings. The summed E-state index contributed by atoms with van der Waals surface area (Å²) in [6, 6.07) is 6.08. The number of H-pyrrole nitrogens is 1. The van der Waals surface area contributed by atoms with Gasteiger partial charge in [-0.15, -0.1) is 0 Å². The van der Waals surface area contributed by atoms with Crippen LogP contribution >= 0.6 is 0 Å². The highest BCUT2D eigenvalue weighted by molar-refractivity contribution is 5.92. The predicted octanol–water partition coefficient (Wildman–Crippen LogP) is 1.37. The van der Waals surface area contributed by atoms with Gasteiger partial charge in [0.1, 0.15) is 5.82 Å². The molecule has 0 radical (unpaired) electrons. The molecule has 27 heavy (non-hydrogen) atoms. The Labute approximate surface area is 155 Å². The molecular weight excluding hydrogens is 352 g/mol. The van der Waals surface area contributed by atoms with Crippen LogP contribution < -0.4 is 21.9 Å². The summed E-state index contributed by atoms with van der Waals surface area (Å²) >= 11 is 0. The predicted molar refractivity (Wildman–Crippen MR) is 98.7 cm³/mol. The summed E-state index contributed by atoms with van der Waals surface area (Å²) in [5, 5.41) is 5.25. The zero-order valence-corrected chi connectivity index (χ0v) is 15.4. The fraction of sp³-hybridized carbons (Fsp3) is 0.389. The van der Waals surface area contributed by atoms with Gasteiger partial charge >= 0.3 is 11.7 Å². The molecule has 9 heteroatoms. The molecule has 9 nitrogen and oxygen atoms in total. The van der Waals surface area contributed by atoms with Crippen molar-refractivity contribution >= 4 is 11.8 Å². The molecule has 0 aliphatic carbocycles. The molecule has 0 fully saturated rings. The quantitative estimate of drug-likeness (QED) is 0.661. The normalized spacial score (nSPS) is 16.0. The number of benzene rings is 1. The van der Waals surface area contributed by atoms with Gasteiger partial charge in [0.2, 0.25) is 0 Å². The van der Waals surface area contributed by atoms with E-state index < -0.39 is 29.6 Å². The number of carbonyl (C=O) groups is 1. The minimum absolute atomic E-state index is 0.183. The summed E-state index contributed by atoms with van der Waals surface area (Å²) in [5.41, 5.74) is 0.668. The maximum absolute atomic E-state index is 12.4. The number of hydrogen-bond donors (Lipinski definition) is 3. The molecule has 1 aliphatic rings. The molecule has 1 unspecified atom stereocenters. The number of hydrogen-bond acceptors (Lipinski definition) is 5. The van der Waals surface area contributed by atoms with Crippen LogP contribution in [0.2, 0.25) is 0 Å². The van der Waals surface area contributed by atoms with E-state index in [1.165, 1.54) is 11.6 Å². The third kappa shape index (κ3) is 3.64. The van der Waals surface area contributed by atoms with Gasteiger partial charge in [-0.1, -0.05) is 24.3 Å². The highest BCUT2D eigenvalue weighted by Gasteiger charge is 2.30. The third-order valence-corrected chi connectivity index (χ3v) is 4.33. The number of aromatic amines is 1. The summed E-state index contributed by atoms with van der Waals surface area (Å²) in [6.07, 6.45) is -0.479. The smallest absolute Gasteiger partial charge is 0.329 e. The molecule has 3 rings (SSSR count). The minimum Gasteiger partial charge on any atom is -0.349 e. The second-order valence-corrected chi connectivity index (χ2v) is 6.02. The average molecular weight is 374 g/mol. The van der Waals surface area contributed by atoms with Gasteiger partial charge in [-0.2, -0.15) is 0 Å². The Morgan fingerprint density at radius 3 is 2.30 bits per heavy atom. The first-order valence-electron chi connectivity index (χ1n) is 8.70. The Hall–Kier alpha value is -2.91. The first-order valence-corrected chi connectivity index (χ1v) is 8.70. The molecule has 0 saturated carbocycles. The molecule has 1 aliphatic heterocycles. The number of fused-ring (bicyclic) bond motifs is 1. The number of nitrogens with one attached hydrogen (secondary N) is 3. The molecule has 0 saturated heterocycles. The van der Waals surface area contributed by atoms with Crippen molar-refractivity contribution in [3.05, 3.63) is 61.8 Å². The van der Waals surface area contributed by atoms with Crippen LogP contribution in [0.5, 0.6) is 0 Å². The second kappa shape index (κ2) is 7.77. The van der Waals surface area contributed by atoms with Crippen LogP contribution in [0, 0.1) is 0 Å². The van der Waals surface area contributed by atoms with Crippen molar-refractivity contribution < 1.29 is 14.3 Å². The summed E-state index contributed by atoms with van der Waals surface area (Å²) < 4.78 is 12.4. The Bertz CT molecular complexity index is 942. The van der Waals surface area contributed by atoms with Crippen molar-refractivity contribution in [3.63, 3.8) is 0 Å². The average Bonchev–Trinajstić information content (AvgIpc) is 2.65. The van der Waals surface area contributed by atoms with Crippen molar-refractivity contribution in [2.75, 3.05) is 18.5 Å². The van der Waals surface area contributed by atoms with Crippen LogP contribution in [0.4, 0.5) is 10.6 Å². The third-order valence-electron chi connectivity index (χ3n) is 4.33. The molecule has 144 valence electrons. The van der Waals surface area contributed by atoms with E-state index >= 15 is 0 Å². The molecule has 1 aromatic heterocycles. The van der Waals surface area contributed by atoms with E-state index in [4.69, 9.17) is 9.47 Å². The highest BCUT2D eigenvalue weighted by Crippen LogP contribution is 2.29. The number of nitrogens with zero attached hydrogens (tertiary/aromatic N) is 1. The molecule has 2 heterocycles. The monoisotopic (exact) mass is 374 g/mol. The van der Waals surface area contributed by atoms with Gasteiger partial charge in [0.05, 0.1) is 11.6 Å². The summed E-state index contributed by atoms with van der Waals surface area (Å²) in [6.45, 7) is 4.79. The Morgan fingerprint density at radius 1 is 1.07 bits per heavy atom. The van der Waals surface area contributed by atoms with E-state index in [9.17, 15) is 14.4 Å². The van der Waals surface area contributed by atoms with Gasteiger partial charge in [0.25, 0.3) is 5.56 Å². The van der Waals surface area contributed by atoms with Crippen molar-refractivity contribution in [1.82, 2.24) is 14.9 Å². The van der Waals surface area contributed by atoms with Gasteiger partial charge in [-0.05, 0) is 19.4 Å². The fourth-order valence-corrected chi connectivity index (χ4v) is 3.04. The SMILES string of the molecule is CCOC(OCC)c1ccc(C2NC(=O)Nc3c2c(=O)[nH]c(=O)n3C)cc1. The maximum atomic E-state index is 12.4. The molecule has 1 atom stereocenters. The number of carbonyl (C=O) groups excluding carboxylic acids is 1. The number of rotatable bonds is 6. The fourth-order valence-electron chi connectivity index (χ4n) is 3.04. The standard InChI is InChI=1S/C18H22N4O5/c1-4-26-16(27-5-2)11-8-6-10(7-9-11)13-12-14(20-17(24)19-13)22(3)18(25)21-15(12)23/h6-9,13,16H,4-5H2,1-3H3,(H2,19,20,24)(H,21,23,25). The van der Waals surface area contributed by atoms with Crippen LogP contribution in [-0.2, 0) is 16.5 Å². The van der Waals surface area contributed by atoms with Gasteiger partial charge in [-0.3, -0.25) is 19.7 Å². The Kier molecular flexibility index (Phi) is 5.43. The largest absolute Gasteiger partial charge is 0.349 e. The van der Waals surface area contributed by atoms with Crippen LogP contribution in [0.3, 0.4) is 0 Å². The van der Waals surface area contributed by atoms with Crippen molar-refractivity contribution in [3.8, 4) is 0 Å². The first-order chi connectivity index (χ1) is 13.0. The van der Waals surface area contributed by atoms with Gasteiger partial charge in [0.15, 0.2) is 6.29 Å². The van der Waals surface area contributed by atoms with Crippen LogP contribution in [0.15, 0.2) is 33.9 Å². The first kappa shape index (κ1) is 18.9. The minimum atomic E-state index is -0.684. The molecule has 3 N–H and O–H groups in total. The summed E-state index contributed by atoms with van der Waals surface area (Å²) in [7, 11) is 1.48. The van der Waals surface area contributed by atoms with E-state index in [1.54, 1.807) is 12.1 Å². The van der Waals surface area contributed by atoms with Crippen LogP contribution in [-0.4, -0.2) is 28.8 Å². The van der Waals surface area contributed by atoms with E-state index in [2.05, 4.69) is 15.6 Å². The molecule has 1 aromatic carbocycles. The lowest BCUT2D eigenvalue weighted by Gasteiger charge is -2.28. The van der Waals surface area contributed by atoms with Gasteiger partial charge in [0, 0.05) is 25.8 Å². The number of aromatic nitrogens is 2. The van der Waals surface area contributed by atoms with E-state index in [-0.39, 0.29) is 11.4 Å². The molecule has 0 spiro atoms. The van der Waals surface area contributed by atoms with Gasteiger partial charge in [-0.25, -0.2) is 9.59 Å². The Morgan fingerprint density at radius 2 is 1.70 bits per heavy atom. The van der Waals surface area contributed by atoms with Gasteiger partial charge < -0.3 is 14.8 Å². The topological polar surface area (TPSA) is 114 Å². The number of amides is 2. The maximum Gasteiger partial charge on any atom is 0.329 e. The van der Waals surface area contributed by atoms with Crippen molar-refractivity contribution in [2.45, 2.75) is 26.2 Å². The lowest BCUT2D eigenvalue weighted by Crippen LogP contribution is -2.46. The van der Waals surface area contributed by atoms with E-state index in [1.807, 2.05) is 26.0 Å². The number of urea groups is 1. The van der Waals surface area contributed by atoms with Crippen LogP contribution in [0.1, 0.15) is 42.9 Å². The summed E-state index contributed by atoms with van der Waals surface area (Å²) in [5.74, 6) is 0.183. The highest BCUT2D eigenvalue weighted by atomic mass is 16.7. The zero-order chi connectivity index (χ0) is 19.6.